The third-order valence-electron chi connectivity index (χ3n) is 2.41. The quantitative estimate of drug-likeness (QED) is 0.716. The molecule has 0 spiro atoms. The van der Waals surface area contributed by atoms with E-state index in [1.54, 1.807) is 0 Å². The number of hydrogen-bond acceptors (Lipinski definition) is 3. The molecule has 0 amide bonds. The van der Waals surface area contributed by atoms with E-state index >= 15 is 0 Å². The summed E-state index contributed by atoms with van der Waals surface area (Å²) in [5.41, 5.74) is 5.69. The van der Waals surface area contributed by atoms with Crippen LogP contribution in [0.15, 0.2) is 48.8 Å². The Bertz CT molecular complexity index is 394. The highest BCUT2D eigenvalue weighted by Crippen LogP contribution is 2.21. The first-order valence-electron chi connectivity index (χ1n) is 4.70. The highest BCUT2D eigenvalue weighted by atomic mass is 15.8. The normalized spacial score (nSPS) is 19.4. The third-order valence-corrected chi connectivity index (χ3v) is 2.41. The van der Waals surface area contributed by atoms with Gasteiger partial charge in [-0.2, -0.15) is 0 Å². The second-order valence-corrected chi connectivity index (χ2v) is 3.37. The van der Waals surface area contributed by atoms with Crippen molar-refractivity contribution < 1.29 is 0 Å². The predicted molar refractivity (Wildman–Crippen MR) is 55.2 cm³/mol. The van der Waals surface area contributed by atoms with Gasteiger partial charge in [-0.05, 0) is 6.08 Å². The Hall–Kier alpha value is -1.74. The van der Waals surface area contributed by atoms with Gasteiger partial charge in [0.25, 0.3) is 0 Å². The summed E-state index contributed by atoms with van der Waals surface area (Å²) in [5.74, 6) is 0. The number of nitrogens with one attached hydrogen (secondary N) is 1. The monoisotopic (exact) mass is 185 g/mol. The largest absolute Gasteiger partial charge is 0.299 e. The molecule has 1 aromatic carbocycles. The maximum Gasteiger partial charge on any atom is 0.0758 e. The maximum atomic E-state index is 3.33. The molecule has 1 N–H and O–H groups in total. The standard InChI is InChI=1S/C11H11N3/c1-2-5-10(6-3-1)11-9-13-7-4-8-14(13)12-11/h1-7,9,12H,8H2. The zero-order chi connectivity index (χ0) is 9.38. The molecule has 2 aliphatic rings. The summed E-state index contributed by atoms with van der Waals surface area (Å²) in [7, 11) is 0. The molecule has 0 fully saturated rings. The van der Waals surface area contributed by atoms with Crippen LogP contribution in [0.2, 0.25) is 0 Å². The van der Waals surface area contributed by atoms with Crippen LogP contribution in [0, 0.1) is 0 Å². The van der Waals surface area contributed by atoms with Crippen LogP contribution in [0.3, 0.4) is 0 Å². The van der Waals surface area contributed by atoms with Crippen LogP contribution in [-0.2, 0) is 0 Å². The molecule has 0 aromatic heterocycles. The molecular formula is C11H11N3. The first kappa shape index (κ1) is 7.64. The average Bonchev–Trinajstić information content (AvgIpc) is 2.78. The zero-order valence-electron chi connectivity index (χ0n) is 7.72. The summed E-state index contributed by atoms with van der Waals surface area (Å²) in [6.07, 6.45) is 6.27. The number of nitrogens with zero attached hydrogens (tertiary/aromatic N) is 2. The van der Waals surface area contributed by atoms with Crippen molar-refractivity contribution in [1.29, 1.82) is 0 Å². The van der Waals surface area contributed by atoms with Crippen molar-refractivity contribution in [2.24, 2.45) is 0 Å². The van der Waals surface area contributed by atoms with Crippen molar-refractivity contribution in [3.63, 3.8) is 0 Å². The van der Waals surface area contributed by atoms with E-state index in [9.17, 15) is 0 Å². The molecule has 2 heterocycles. The van der Waals surface area contributed by atoms with Crippen LogP contribution in [0.25, 0.3) is 5.70 Å². The topological polar surface area (TPSA) is 18.5 Å². The molecule has 0 unspecified atom stereocenters. The molecule has 0 bridgehead atoms. The van der Waals surface area contributed by atoms with Crippen molar-refractivity contribution in [3.05, 3.63) is 54.4 Å². The molecule has 70 valence electrons. The van der Waals surface area contributed by atoms with Crippen molar-refractivity contribution in [2.45, 2.75) is 0 Å². The van der Waals surface area contributed by atoms with E-state index < -0.39 is 0 Å². The van der Waals surface area contributed by atoms with Crippen molar-refractivity contribution in [3.8, 4) is 0 Å². The highest BCUT2D eigenvalue weighted by Gasteiger charge is 2.22. The Balaban J connectivity index is 1.92. The van der Waals surface area contributed by atoms with Gasteiger partial charge in [-0.1, -0.05) is 30.3 Å². The summed E-state index contributed by atoms with van der Waals surface area (Å²) >= 11 is 0. The van der Waals surface area contributed by atoms with Gasteiger partial charge in [0.15, 0.2) is 0 Å². The van der Waals surface area contributed by atoms with Crippen LogP contribution in [-0.4, -0.2) is 16.7 Å². The molecule has 0 atom stereocenters. The van der Waals surface area contributed by atoms with Gasteiger partial charge in [0, 0.05) is 18.0 Å². The van der Waals surface area contributed by atoms with Gasteiger partial charge in [0.05, 0.1) is 12.2 Å². The lowest BCUT2D eigenvalue weighted by Crippen LogP contribution is -2.35. The highest BCUT2D eigenvalue weighted by molar-refractivity contribution is 5.64. The molecule has 3 rings (SSSR count). The molecule has 0 saturated carbocycles. The Labute approximate surface area is 82.9 Å². The molecular weight excluding hydrogens is 174 g/mol. The average molecular weight is 185 g/mol. The van der Waals surface area contributed by atoms with E-state index in [1.807, 2.05) is 18.2 Å². The van der Waals surface area contributed by atoms with Crippen LogP contribution >= 0.6 is 0 Å². The van der Waals surface area contributed by atoms with Gasteiger partial charge in [0.2, 0.25) is 0 Å². The molecule has 3 heteroatoms. The smallest absolute Gasteiger partial charge is 0.0758 e. The lowest BCUT2D eigenvalue weighted by atomic mass is 10.2. The van der Waals surface area contributed by atoms with E-state index in [2.05, 4.69) is 46.2 Å². The Morgan fingerprint density at radius 1 is 1.14 bits per heavy atom. The number of hydrazine groups is 2. The van der Waals surface area contributed by atoms with Gasteiger partial charge in [-0.3, -0.25) is 10.4 Å². The first-order valence-corrected chi connectivity index (χ1v) is 4.70. The van der Waals surface area contributed by atoms with Gasteiger partial charge >= 0.3 is 0 Å². The summed E-state index contributed by atoms with van der Waals surface area (Å²) in [6.45, 7) is 0.923. The second kappa shape index (κ2) is 2.89. The van der Waals surface area contributed by atoms with Gasteiger partial charge in [-0.15, -0.1) is 5.12 Å². The summed E-state index contributed by atoms with van der Waals surface area (Å²) in [5, 5.41) is 4.12. The minimum atomic E-state index is 0.923. The SMILES string of the molecule is C1=CN2C=C(c3ccccc3)NN2C1. The molecule has 1 aromatic rings. The minimum Gasteiger partial charge on any atom is -0.299 e. The first-order chi connectivity index (χ1) is 6.93. The number of rotatable bonds is 1. The molecule has 0 radical (unpaired) electrons. The predicted octanol–water partition coefficient (Wildman–Crippen LogP) is 1.55. The number of fused-ring (bicyclic) bond motifs is 1. The fourth-order valence-electron chi connectivity index (χ4n) is 1.70. The number of benzene rings is 1. The molecule has 0 aliphatic carbocycles. The second-order valence-electron chi connectivity index (χ2n) is 3.37. The Kier molecular flexibility index (Phi) is 1.58. The van der Waals surface area contributed by atoms with Crippen molar-refractivity contribution in [2.75, 3.05) is 6.54 Å². The summed E-state index contributed by atoms with van der Waals surface area (Å²) in [4.78, 5) is 0. The lowest BCUT2D eigenvalue weighted by molar-refractivity contribution is 0.0874. The summed E-state index contributed by atoms with van der Waals surface area (Å²) < 4.78 is 0. The van der Waals surface area contributed by atoms with E-state index in [1.165, 1.54) is 5.56 Å². The molecule has 14 heavy (non-hydrogen) atoms. The van der Waals surface area contributed by atoms with Gasteiger partial charge in [0.1, 0.15) is 0 Å². The summed E-state index contributed by atoms with van der Waals surface area (Å²) in [6, 6.07) is 10.3. The Morgan fingerprint density at radius 3 is 2.79 bits per heavy atom. The third kappa shape index (κ3) is 1.10. The fourth-order valence-corrected chi connectivity index (χ4v) is 1.70. The Morgan fingerprint density at radius 2 is 2.00 bits per heavy atom. The fraction of sp³-hybridized carbons (Fsp3) is 0.0909. The van der Waals surface area contributed by atoms with Gasteiger partial charge < -0.3 is 0 Å². The van der Waals surface area contributed by atoms with E-state index in [4.69, 9.17) is 0 Å². The van der Waals surface area contributed by atoms with Crippen LogP contribution in [0.1, 0.15) is 5.56 Å². The van der Waals surface area contributed by atoms with Crippen LogP contribution in [0.5, 0.6) is 0 Å². The molecule has 0 saturated heterocycles. The van der Waals surface area contributed by atoms with Crippen molar-refractivity contribution >= 4 is 5.70 Å². The maximum absolute atomic E-state index is 3.33. The van der Waals surface area contributed by atoms with E-state index in [0.717, 1.165) is 12.2 Å². The van der Waals surface area contributed by atoms with Crippen LogP contribution in [0.4, 0.5) is 0 Å². The molecule has 2 aliphatic heterocycles. The van der Waals surface area contributed by atoms with Crippen LogP contribution < -0.4 is 5.43 Å². The van der Waals surface area contributed by atoms with Gasteiger partial charge in [-0.25, -0.2) is 0 Å². The van der Waals surface area contributed by atoms with E-state index in [0.29, 0.717) is 0 Å². The lowest BCUT2D eigenvalue weighted by Gasteiger charge is -2.18. The molecule has 3 nitrogen and oxygen atoms in total. The van der Waals surface area contributed by atoms with E-state index in [-0.39, 0.29) is 0 Å². The zero-order valence-corrected chi connectivity index (χ0v) is 7.72. The van der Waals surface area contributed by atoms with Crippen molar-refractivity contribution in [1.82, 2.24) is 15.6 Å². The minimum absolute atomic E-state index is 0.923. The number of hydrogen-bond donors (Lipinski definition) is 1.